The van der Waals surface area contributed by atoms with Crippen molar-refractivity contribution in [3.63, 3.8) is 0 Å². The molecule has 0 saturated carbocycles. The fourth-order valence-corrected chi connectivity index (χ4v) is 1.27. The van der Waals surface area contributed by atoms with Crippen molar-refractivity contribution in [2.75, 3.05) is 19.5 Å². The topological polar surface area (TPSA) is 44.5 Å². The second kappa shape index (κ2) is 5.60. The Bertz CT molecular complexity index is 434. The van der Waals surface area contributed by atoms with Crippen molar-refractivity contribution in [3.05, 3.63) is 23.8 Å². The first-order valence-corrected chi connectivity index (χ1v) is 5.11. The van der Waals surface area contributed by atoms with Crippen LogP contribution in [0.2, 0.25) is 0 Å². The molecule has 0 atom stereocenters. The highest BCUT2D eigenvalue weighted by molar-refractivity contribution is 5.47. The van der Waals surface area contributed by atoms with E-state index in [1.165, 1.54) is 25.3 Å². The maximum atomic E-state index is 12.6. The summed E-state index contributed by atoms with van der Waals surface area (Å²) in [4.78, 5) is 0. The number of methoxy groups -OCH3 is 1. The molecule has 1 aromatic carbocycles. The summed E-state index contributed by atoms with van der Waals surface area (Å²) >= 11 is 0. The lowest BCUT2D eigenvalue weighted by atomic mass is 10.2. The van der Waals surface area contributed by atoms with Crippen molar-refractivity contribution in [2.45, 2.75) is 18.7 Å². The molecule has 0 unspecified atom stereocenters. The van der Waals surface area contributed by atoms with Crippen LogP contribution in [0.5, 0.6) is 5.75 Å². The second-order valence-corrected chi connectivity index (χ2v) is 3.81. The van der Waals surface area contributed by atoms with Gasteiger partial charge in [0.2, 0.25) is 0 Å². The number of nitrogen functional groups attached to an aromatic ring is 1. The van der Waals surface area contributed by atoms with E-state index in [1.54, 1.807) is 0 Å². The molecule has 108 valence electrons. The van der Waals surface area contributed by atoms with Gasteiger partial charge in [0.1, 0.15) is 12.4 Å². The van der Waals surface area contributed by atoms with E-state index in [0.717, 1.165) is 0 Å². The van der Waals surface area contributed by atoms with Crippen LogP contribution in [-0.4, -0.2) is 25.8 Å². The molecule has 3 nitrogen and oxygen atoms in total. The molecule has 0 spiro atoms. The van der Waals surface area contributed by atoms with Gasteiger partial charge in [0, 0.05) is 11.8 Å². The molecular weight excluding hydrogens is 273 g/mol. The lowest BCUT2D eigenvalue weighted by Crippen LogP contribution is -2.40. The Morgan fingerprint density at radius 1 is 1.11 bits per heavy atom. The third kappa shape index (κ3) is 4.23. The maximum Gasteiger partial charge on any atom is 0.455 e. The average molecular weight is 285 g/mol. The Labute approximate surface area is 106 Å². The van der Waals surface area contributed by atoms with E-state index in [4.69, 9.17) is 10.5 Å². The predicted molar refractivity (Wildman–Crippen MR) is 58.1 cm³/mol. The summed E-state index contributed by atoms with van der Waals surface area (Å²) in [6.07, 6.45) is -5.62. The van der Waals surface area contributed by atoms with Gasteiger partial charge in [-0.2, -0.15) is 22.0 Å². The van der Waals surface area contributed by atoms with Crippen LogP contribution >= 0.6 is 0 Å². The molecule has 1 rings (SSSR count). The molecule has 0 saturated heterocycles. The summed E-state index contributed by atoms with van der Waals surface area (Å²) in [6.45, 7) is -2.17. The summed E-state index contributed by atoms with van der Waals surface area (Å²) < 4.78 is 70.0. The molecule has 8 heteroatoms. The maximum absolute atomic E-state index is 12.6. The van der Waals surface area contributed by atoms with Gasteiger partial charge in [0.05, 0.1) is 13.7 Å². The molecule has 0 aliphatic rings. The molecule has 0 amide bonds. The fraction of sp³-hybridized carbons (Fsp3) is 0.455. The molecule has 0 fully saturated rings. The van der Waals surface area contributed by atoms with Crippen LogP contribution in [0.25, 0.3) is 0 Å². The standard InChI is InChI=1S/C11H12F5NO2/c1-18-9-3-7(2-8(17)4-9)5-19-6-10(12,13)11(14,15)16/h2-4H,5-6,17H2,1H3. The van der Waals surface area contributed by atoms with E-state index < -0.39 is 25.3 Å². The first kappa shape index (κ1) is 15.5. The van der Waals surface area contributed by atoms with Crippen LogP contribution in [0.15, 0.2) is 18.2 Å². The highest BCUT2D eigenvalue weighted by Crippen LogP contribution is 2.35. The van der Waals surface area contributed by atoms with Crippen molar-refractivity contribution in [1.82, 2.24) is 0 Å². The summed E-state index contributed by atoms with van der Waals surface area (Å²) in [7, 11) is 1.37. The van der Waals surface area contributed by atoms with Crippen molar-refractivity contribution < 1.29 is 31.4 Å². The van der Waals surface area contributed by atoms with Gasteiger partial charge in [-0.3, -0.25) is 0 Å². The predicted octanol–water partition coefficient (Wildman–Crippen LogP) is 2.99. The van der Waals surface area contributed by atoms with Gasteiger partial charge in [0.25, 0.3) is 0 Å². The lowest BCUT2D eigenvalue weighted by Gasteiger charge is -2.19. The number of benzene rings is 1. The number of hydrogen-bond acceptors (Lipinski definition) is 3. The number of rotatable bonds is 5. The van der Waals surface area contributed by atoms with Gasteiger partial charge >= 0.3 is 12.1 Å². The first-order chi connectivity index (χ1) is 8.65. The van der Waals surface area contributed by atoms with E-state index >= 15 is 0 Å². The molecule has 19 heavy (non-hydrogen) atoms. The molecule has 0 heterocycles. The van der Waals surface area contributed by atoms with Crippen LogP contribution in [-0.2, 0) is 11.3 Å². The summed E-state index contributed by atoms with van der Waals surface area (Å²) in [5.41, 5.74) is 6.13. The van der Waals surface area contributed by atoms with E-state index in [9.17, 15) is 22.0 Å². The zero-order chi connectivity index (χ0) is 14.7. The molecule has 0 aromatic heterocycles. The zero-order valence-corrected chi connectivity index (χ0v) is 9.93. The largest absolute Gasteiger partial charge is 0.497 e. The monoisotopic (exact) mass is 285 g/mol. The number of halogens is 5. The van der Waals surface area contributed by atoms with Crippen LogP contribution in [0.4, 0.5) is 27.6 Å². The smallest absolute Gasteiger partial charge is 0.455 e. The van der Waals surface area contributed by atoms with Crippen molar-refractivity contribution in [2.24, 2.45) is 0 Å². The Kier molecular flexibility index (Phi) is 4.56. The van der Waals surface area contributed by atoms with Gasteiger partial charge in [0.15, 0.2) is 0 Å². The number of alkyl halides is 5. The van der Waals surface area contributed by atoms with Crippen molar-refractivity contribution >= 4 is 5.69 Å². The van der Waals surface area contributed by atoms with Crippen LogP contribution in [0, 0.1) is 0 Å². The van der Waals surface area contributed by atoms with Gasteiger partial charge in [-0.15, -0.1) is 0 Å². The van der Waals surface area contributed by atoms with E-state index in [2.05, 4.69) is 4.74 Å². The van der Waals surface area contributed by atoms with Crippen LogP contribution in [0.1, 0.15) is 5.56 Å². The highest BCUT2D eigenvalue weighted by Gasteiger charge is 2.57. The fourth-order valence-electron chi connectivity index (χ4n) is 1.27. The van der Waals surface area contributed by atoms with E-state index in [0.29, 0.717) is 17.0 Å². The highest BCUT2D eigenvalue weighted by atomic mass is 19.4. The first-order valence-electron chi connectivity index (χ1n) is 5.11. The Morgan fingerprint density at radius 3 is 2.26 bits per heavy atom. The van der Waals surface area contributed by atoms with Crippen LogP contribution < -0.4 is 10.5 Å². The Hall–Kier alpha value is -1.57. The lowest BCUT2D eigenvalue weighted by molar-refractivity contribution is -0.297. The van der Waals surface area contributed by atoms with Gasteiger partial charge in [-0.05, 0) is 17.7 Å². The molecule has 0 aliphatic carbocycles. The number of ether oxygens (including phenoxy) is 2. The molecule has 0 aliphatic heterocycles. The third-order valence-electron chi connectivity index (χ3n) is 2.19. The van der Waals surface area contributed by atoms with Gasteiger partial charge in [-0.1, -0.05) is 0 Å². The SMILES string of the molecule is COc1cc(N)cc(COCC(F)(F)C(F)(F)F)c1. The Balaban J connectivity index is 2.61. The summed E-state index contributed by atoms with van der Waals surface area (Å²) in [5.74, 6) is -4.52. The van der Waals surface area contributed by atoms with Gasteiger partial charge in [-0.25, -0.2) is 0 Å². The molecular formula is C11H12F5NO2. The summed E-state index contributed by atoms with van der Waals surface area (Å²) in [6, 6.07) is 4.31. The molecule has 2 N–H and O–H groups in total. The summed E-state index contributed by atoms with van der Waals surface area (Å²) in [5, 5.41) is 0. The van der Waals surface area contributed by atoms with Crippen molar-refractivity contribution in [3.8, 4) is 5.75 Å². The molecule has 0 bridgehead atoms. The van der Waals surface area contributed by atoms with Gasteiger partial charge < -0.3 is 15.2 Å². The third-order valence-corrected chi connectivity index (χ3v) is 2.19. The number of hydrogen-bond donors (Lipinski definition) is 1. The second-order valence-electron chi connectivity index (χ2n) is 3.81. The van der Waals surface area contributed by atoms with Crippen molar-refractivity contribution in [1.29, 1.82) is 0 Å². The van der Waals surface area contributed by atoms with E-state index in [-0.39, 0.29) is 0 Å². The van der Waals surface area contributed by atoms with E-state index in [1.807, 2.05) is 0 Å². The van der Waals surface area contributed by atoms with Crippen LogP contribution in [0.3, 0.4) is 0 Å². The molecule has 1 aromatic rings. The average Bonchev–Trinajstić information content (AvgIpc) is 2.26. The normalized spacial score (nSPS) is 12.5. The zero-order valence-electron chi connectivity index (χ0n) is 9.93. The quantitative estimate of drug-likeness (QED) is 0.668. The number of anilines is 1. The minimum atomic E-state index is -5.62. The number of nitrogens with two attached hydrogens (primary N) is 1. The molecule has 0 radical (unpaired) electrons. The minimum Gasteiger partial charge on any atom is -0.497 e. The minimum absolute atomic E-state index is 0.292. The Morgan fingerprint density at radius 2 is 1.74 bits per heavy atom.